The number of hydrogen-bond donors (Lipinski definition) is 1. The Morgan fingerprint density at radius 1 is 1.56 bits per heavy atom. The molecule has 0 aliphatic rings. The molecule has 0 spiro atoms. The van der Waals surface area contributed by atoms with Gasteiger partial charge in [-0.25, -0.2) is 0 Å². The summed E-state index contributed by atoms with van der Waals surface area (Å²) in [6, 6.07) is 4.75. The van der Waals surface area contributed by atoms with E-state index < -0.39 is 4.92 Å². The van der Waals surface area contributed by atoms with Crippen molar-refractivity contribution in [2.24, 2.45) is 5.73 Å². The Morgan fingerprint density at radius 2 is 2.25 bits per heavy atom. The van der Waals surface area contributed by atoms with Gasteiger partial charge in [0.1, 0.15) is 11.4 Å². The highest BCUT2D eigenvalue weighted by Gasteiger charge is 2.17. The Balaban J connectivity index is 3.12. The molecule has 0 aliphatic carbocycles. The molecule has 0 atom stereocenters. The van der Waals surface area contributed by atoms with E-state index in [9.17, 15) is 10.1 Å². The molecule has 0 saturated heterocycles. The number of nitrogens with two attached hydrogens (primary N) is 1. The van der Waals surface area contributed by atoms with Gasteiger partial charge < -0.3 is 15.4 Å². The van der Waals surface area contributed by atoms with Crippen molar-refractivity contribution in [3.63, 3.8) is 0 Å². The molecule has 0 heterocycles. The highest BCUT2D eigenvalue weighted by atomic mass is 16.6. The number of nitro benzene ring substituents is 1. The van der Waals surface area contributed by atoms with E-state index in [4.69, 9.17) is 10.5 Å². The van der Waals surface area contributed by atoms with Gasteiger partial charge in [0.2, 0.25) is 0 Å². The zero-order chi connectivity index (χ0) is 12.1. The summed E-state index contributed by atoms with van der Waals surface area (Å²) in [5.41, 5.74) is 5.97. The van der Waals surface area contributed by atoms with Gasteiger partial charge in [0.05, 0.1) is 18.1 Å². The molecule has 1 aromatic carbocycles. The van der Waals surface area contributed by atoms with Crippen LogP contribution in [0.3, 0.4) is 0 Å². The van der Waals surface area contributed by atoms with E-state index in [0.29, 0.717) is 24.5 Å². The summed E-state index contributed by atoms with van der Waals surface area (Å²) in [6.45, 7) is 1.01. The van der Waals surface area contributed by atoms with Gasteiger partial charge in [-0.15, -0.1) is 0 Å². The fraction of sp³-hybridized carbons (Fsp3) is 0.400. The molecule has 0 saturated carbocycles. The number of nitro groups is 1. The largest absolute Gasteiger partial charge is 0.496 e. The molecule has 0 fully saturated rings. The van der Waals surface area contributed by atoms with Crippen LogP contribution in [0.15, 0.2) is 18.2 Å². The summed E-state index contributed by atoms with van der Waals surface area (Å²) < 4.78 is 4.95. The van der Waals surface area contributed by atoms with Crippen molar-refractivity contribution in [2.75, 3.05) is 32.1 Å². The first-order valence-corrected chi connectivity index (χ1v) is 4.83. The van der Waals surface area contributed by atoms with E-state index in [0.717, 1.165) is 0 Å². The number of anilines is 1. The molecule has 16 heavy (non-hydrogen) atoms. The maximum Gasteiger partial charge on any atom is 0.296 e. The Labute approximate surface area is 93.8 Å². The van der Waals surface area contributed by atoms with Gasteiger partial charge in [-0.2, -0.15) is 0 Å². The first-order valence-electron chi connectivity index (χ1n) is 4.83. The third-order valence-corrected chi connectivity index (χ3v) is 2.26. The van der Waals surface area contributed by atoms with Crippen molar-refractivity contribution in [3.05, 3.63) is 28.3 Å². The number of benzene rings is 1. The van der Waals surface area contributed by atoms with Crippen molar-refractivity contribution in [2.45, 2.75) is 0 Å². The summed E-state index contributed by atoms with van der Waals surface area (Å²) in [4.78, 5) is 12.2. The van der Waals surface area contributed by atoms with E-state index in [1.54, 1.807) is 24.1 Å². The van der Waals surface area contributed by atoms with Crippen LogP contribution in [0.4, 0.5) is 11.4 Å². The zero-order valence-electron chi connectivity index (χ0n) is 9.34. The molecular formula is C10H15N3O3. The van der Waals surface area contributed by atoms with Crippen LogP contribution >= 0.6 is 0 Å². The Hall–Kier alpha value is -1.82. The van der Waals surface area contributed by atoms with Crippen LogP contribution in [-0.4, -0.2) is 32.2 Å². The van der Waals surface area contributed by atoms with Gasteiger partial charge in [-0.05, 0) is 12.1 Å². The molecular weight excluding hydrogens is 210 g/mol. The number of likely N-dealkylation sites (N-methyl/N-ethyl adjacent to an activating group) is 1. The fourth-order valence-corrected chi connectivity index (χ4v) is 1.41. The van der Waals surface area contributed by atoms with Crippen LogP contribution in [0.2, 0.25) is 0 Å². The number of nitrogens with zero attached hydrogens (tertiary/aromatic N) is 2. The Morgan fingerprint density at radius 3 is 2.75 bits per heavy atom. The van der Waals surface area contributed by atoms with Gasteiger partial charge in [0.15, 0.2) is 0 Å². The molecule has 0 unspecified atom stereocenters. The maximum absolute atomic E-state index is 10.9. The second-order valence-electron chi connectivity index (χ2n) is 3.32. The highest BCUT2D eigenvalue weighted by molar-refractivity contribution is 5.65. The predicted octanol–water partition coefficient (Wildman–Crippen LogP) is 0.998. The first kappa shape index (κ1) is 12.3. The number of ether oxygens (including phenoxy) is 1. The Kier molecular flexibility index (Phi) is 4.07. The van der Waals surface area contributed by atoms with E-state index in [2.05, 4.69) is 0 Å². The predicted molar refractivity (Wildman–Crippen MR) is 62.0 cm³/mol. The number of rotatable bonds is 5. The molecule has 0 aromatic heterocycles. The number of methoxy groups -OCH3 is 1. The standard InChI is InChI=1S/C10H15N3O3/c1-12(6-5-11)9-4-3-8(16-2)7-10(9)13(14)15/h3-4,7H,5-6,11H2,1-2H3. The van der Waals surface area contributed by atoms with E-state index >= 15 is 0 Å². The third kappa shape index (κ3) is 2.60. The lowest BCUT2D eigenvalue weighted by Gasteiger charge is -2.18. The van der Waals surface area contributed by atoms with Gasteiger partial charge in [-0.1, -0.05) is 0 Å². The molecule has 1 rings (SSSR count). The first-order chi connectivity index (χ1) is 7.60. The minimum absolute atomic E-state index is 0.0234. The van der Waals surface area contributed by atoms with Crippen molar-refractivity contribution in [3.8, 4) is 5.75 Å². The molecule has 6 nitrogen and oxygen atoms in total. The maximum atomic E-state index is 10.9. The van der Waals surface area contributed by atoms with Crippen molar-refractivity contribution in [1.29, 1.82) is 0 Å². The Bertz CT molecular complexity index is 382. The highest BCUT2D eigenvalue weighted by Crippen LogP contribution is 2.30. The minimum Gasteiger partial charge on any atom is -0.496 e. The molecule has 0 radical (unpaired) electrons. The zero-order valence-corrected chi connectivity index (χ0v) is 9.34. The van der Waals surface area contributed by atoms with Crippen LogP contribution in [0.25, 0.3) is 0 Å². The van der Waals surface area contributed by atoms with Gasteiger partial charge in [0.25, 0.3) is 5.69 Å². The second kappa shape index (κ2) is 5.32. The van der Waals surface area contributed by atoms with Gasteiger partial charge in [-0.3, -0.25) is 10.1 Å². The van der Waals surface area contributed by atoms with Crippen LogP contribution < -0.4 is 15.4 Å². The number of hydrogen-bond acceptors (Lipinski definition) is 5. The monoisotopic (exact) mass is 225 g/mol. The van der Waals surface area contributed by atoms with Crippen LogP contribution in [0, 0.1) is 10.1 Å². The molecule has 6 heteroatoms. The van der Waals surface area contributed by atoms with Crippen LogP contribution in [-0.2, 0) is 0 Å². The summed E-state index contributed by atoms with van der Waals surface area (Å²) >= 11 is 0. The smallest absolute Gasteiger partial charge is 0.296 e. The molecule has 0 amide bonds. The third-order valence-electron chi connectivity index (χ3n) is 2.26. The average molecular weight is 225 g/mol. The lowest BCUT2D eigenvalue weighted by Crippen LogP contribution is -2.25. The van der Waals surface area contributed by atoms with Crippen LogP contribution in [0.5, 0.6) is 5.75 Å². The molecule has 0 aliphatic heterocycles. The van der Waals surface area contributed by atoms with E-state index in [-0.39, 0.29) is 5.69 Å². The van der Waals surface area contributed by atoms with Crippen molar-refractivity contribution >= 4 is 11.4 Å². The molecule has 2 N–H and O–H groups in total. The molecule has 1 aromatic rings. The lowest BCUT2D eigenvalue weighted by atomic mass is 10.2. The summed E-state index contributed by atoms with van der Waals surface area (Å²) in [5.74, 6) is 0.469. The SMILES string of the molecule is COc1ccc(N(C)CCN)c([N+](=O)[O-])c1. The lowest BCUT2D eigenvalue weighted by molar-refractivity contribution is -0.384. The van der Waals surface area contributed by atoms with Gasteiger partial charge >= 0.3 is 0 Å². The normalized spacial score (nSPS) is 9.94. The van der Waals surface area contributed by atoms with E-state index in [1.807, 2.05) is 0 Å². The van der Waals surface area contributed by atoms with E-state index in [1.165, 1.54) is 13.2 Å². The molecule has 88 valence electrons. The average Bonchev–Trinajstić information content (AvgIpc) is 2.28. The van der Waals surface area contributed by atoms with Crippen molar-refractivity contribution in [1.82, 2.24) is 0 Å². The minimum atomic E-state index is -0.426. The van der Waals surface area contributed by atoms with Crippen molar-refractivity contribution < 1.29 is 9.66 Å². The summed E-state index contributed by atoms with van der Waals surface area (Å²) in [6.07, 6.45) is 0. The second-order valence-corrected chi connectivity index (χ2v) is 3.32. The quantitative estimate of drug-likeness (QED) is 0.597. The summed E-state index contributed by atoms with van der Waals surface area (Å²) in [7, 11) is 3.24. The topological polar surface area (TPSA) is 81.6 Å². The summed E-state index contributed by atoms with van der Waals surface area (Å²) in [5, 5.41) is 10.9. The van der Waals surface area contributed by atoms with Crippen LogP contribution in [0.1, 0.15) is 0 Å². The fourth-order valence-electron chi connectivity index (χ4n) is 1.41. The van der Waals surface area contributed by atoms with Gasteiger partial charge in [0, 0.05) is 20.1 Å². The molecule has 0 bridgehead atoms.